The fourth-order valence-electron chi connectivity index (χ4n) is 2.03. The fraction of sp³-hybridized carbons (Fsp3) is 0.500. The molecule has 92 valence electrons. The minimum Gasteiger partial charge on any atom is -0.388 e. The van der Waals surface area contributed by atoms with Crippen molar-refractivity contribution in [1.82, 2.24) is 5.32 Å². The van der Waals surface area contributed by atoms with Crippen molar-refractivity contribution in [1.29, 1.82) is 0 Å². The molecule has 1 unspecified atom stereocenters. The van der Waals surface area contributed by atoms with Crippen molar-refractivity contribution in [2.24, 2.45) is 11.3 Å². The van der Waals surface area contributed by atoms with Crippen molar-refractivity contribution in [2.75, 3.05) is 18.9 Å². The lowest BCUT2D eigenvalue weighted by molar-refractivity contribution is 0.0950. The molecule has 1 aromatic carbocycles. The Morgan fingerprint density at radius 1 is 1.35 bits per heavy atom. The molecule has 1 aliphatic rings. The predicted molar refractivity (Wildman–Crippen MR) is 70.2 cm³/mol. The first kappa shape index (κ1) is 12.0. The second kappa shape index (κ2) is 4.40. The number of anilines is 1. The van der Waals surface area contributed by atoms with Crippen molar-refractivity contribution in [3.8, 4) is 0 Å². The maximum absolute atomic E-state index is 11.9. The van der Waals surface area contributed by atoms with Gasteiger partial charge in [-0.05, 0) is 42.0 Å². The third-order valence-electron chi connectivity index (χ3n) is 3.66. The van der Waals surface area contributed by atoms with E-state index < -0.39 is 0 Å². The number of hydrogen-bond acceptors (Lipinski definition) is 2. The van der Waals surface area contributed by atoms with Crippen molar-refractivity contribution >= 4 is 11.6 Å². The Kier molecular flexibility index (Phi) is 3.09. The standard InChI is InChI=1S/C14H20N2O/c1-14(2)8-11(14)9-16-13(17)10-4-6-12(15-3)7-5-10/h4-7,11,15H,8-9H2,1-3H3,(H,16,17). The number of nitrogens with one attached hydrogen (secondary N) is 2. The highest BCUT2D eigenvalue weighted by Gasteiger charge is 2.45. The normalized spacial score (nSPS) is 20.8. The number of carbonyl (C=O) groups is 1. The van der Waals surface area contributed by atoms with Crippen LogP contribution in [0.25, 0.3) is 0 Å². The number of benzene rings is 1. The lowest BCUT2D eigenvalue weighted by atomic mass is 10.1. The minimum atomic E-state index is 0.0235. The smallest absolute Gasteiger partial charge is 0.251 e. The zero-order chi connectivity index (χ0) is 12.5. The Hall–Kier alpha value is -1.51. The molecule has 0 saturated heterocycles. The van der Waals surface area contributed by atoms with Gasteiger partial charge in [0.05, 0.1) is 0 Å². The molecule has 2 N–H and O–H groups in total. The van der Waals surface area contributed by atoms with Gasteiger partial charge in [-0.3, -0.25) is 4.79 Å². The van der Waals surface area contributed by atoms with E-state index in [1.807, 2.05) is 31.3 Å². The third-order valence-corrected chi connectivity index (χ3v) is 3.66. The monoisotopic (exact) mass is 232 g/mol. The van der Waals surface area contributed by atoms with E-state index in [2.05, 4.69) is 24.5 Å². The zero-order valence-electron chi connectivity index (χ0n) is 10.7. The fourth-order valence-corrected chi connectivity index (χ4v) is 2.03. The van der Waals surface area contributed by atoms with Gasteiger partial charge in [0, 0.05) is 24.8 Å². The maximum Gasteiger partial charge on any atom is 0.251 e. The van der Waals surface area contributed by atoms with Crippen molar-refractivity contribution in [3.05, 3.63) is 29.8 Å². The summed E-state index contributed by atoms with van der Waals surface area (Å²) in [5, 5.41) is 6.03. The van der Waals surface area contributed by atoms with Crippen LogP contribution in [0.1, 0.15) is 30.6 Å². The van der Waals surface area contributed by atoms with Crippen molar-refractivity contribution in [3.63, 3.8) is 0 Å². The van der Waals surface area contributed by atoms with Gasteiger partial charge < -0.3 is 10.6 Å². The van der Waals surface area contributed by atoms with Gasteiger partial charge in [0.2, 0.25) is 0 Å². The van der Waals surface area contributed by atoms with E-state index >= 15 is 0 Å². The zero-order valence-corrected chi connectivity index (χ0v) is 10.7. The van der Waals surface area contributed by atoms with E-state index in [0.29, 0.717) is 11.3 Å². The quantitative estimate of drug-likeness (QED) is 0.837. The van der Waals surface area contributed by atoms with Gasteiger partial charge in [0.25, 0.3) is 5.91 Å². The highest BCUT2D eigenvalue weighted by molar-refractivity contribution is 5.94. The molecule has 3 nitrogen and oxygen atoms in total. The Bertz CT molecular complexity index is 409. The molecular weight excluding hydrogens is 212 g/mol. The van der Waals surface area contributed by atoms with Gasteiger partial charge in [0.1, 0.15) is 0 Å². The van der Waals surface area contributed by atoms with Gasteiger partial charge in [-0.25, -0.2) is 0 Å². The molecule has 0 aromatic heterocycles. The van der Waals surface area contributed by atoms with E-state index in [9.17, 15) is 4.79 Å². The summed E-state index contributed by atoms with van der Waals surface area (Å²) < 4.78 is 0. The molecule has 17 heavy (non-hydrogen) atoms. The molecule has 0 aliphatic heterocycles. The van der Waals surface area contributed by atoms with Crippen LogP contribution in [0.15, 0.2) is 24.3 Å². The first-order valence-corrected chi connectivity index (χ1v) is 6.09. The highest BCUT2D eigenvalue weighted by atomic mass is 16.1. The second-order valence-corrected chi connectivity index (χ2v) is 5.43. The summed E-state index contributed by atoms with van der Waals surface area (Å²) in [6, 6.07) is 7.52. The van der Waals surface area contributed by atoms with Crippen LogP contribution >= 0.6 is 0 Å². The van der Waals surface area contributed by atoms with Gasteiger partial charge >= 0.3 is 0 Å². The van der Waals surface area contributed by atoms with Crippen LogP contribution in [-0.2, 0) is 0 Å². The molecule has 2 rings (SSSR count). The predicted octanol–water partition coefficient (Wildman–Crippen LogP) is 2.50. The molecule has 1 fully saturated rings. The van der Waals surface area contributed by atoms with Crippen LogP contribution in [0.5, 0.6) is 0 Å². The summed E-state index contributed by atoms with van der Waals surface area (Å²) in [4.78, 5) is 11.9. The molecule has 1 saturated carbocycles. The van der Waals surface area contributed by atoms with Gasteiger partial charge in [-0.1, -0.05) is 13.8 Å². The molecular formula is C14H20N2O. The van der Waals surface area contributed by atoms with Crippen molar-refractivity contribution < 1.29 is 4.79 Å². The van der Waals surface area contributed by atoms with E-state index in [1.165, 1.54) is 6.42 Å². The lowest BCUT2D eigenvalue weighted by Crippen LogP contribution is -2.26. The summed E-state index contributed by atoms with van der Waals surface area (Å²) in [6.45, 7) is 5.27. The molecule has 0 heterocycles. The second-order valence-electron chi connectivity index (χ2n) is 5.43. The first-order chi connectivity index (χ1) is 8.03. The van der Waals surface area contributed by atoms with E-state index in [1.54, 1.807) is 0 Å². The molecule has 0 radical (unpaired) electrons. The third kappa shape index (κ3) is 2.78. The number of amides is 1. The number of hydrogen-bond donors (Lipinski definition) is 2. The van der Waals surface area contributed by atoms with Crippen LogP contribution in [0.2, 0.25) is 0 Å². The van der Waals surface area contributed by atoms with Gasteiger partial charge in [-0.15, -0.1) is 0 Å². The maximum atomic E-state index is 11.9. The summed E-state index contributed by atoms with van der Waals surface area (Å²) in [5.74, 6) is 0.665. The SMILES string of the molecule is CNc1ccc(C(=O)NCC2CC2(C)C)cc1. The topological polar surface area (TPSA) is 41.1 Å². The molecule has 3 heteroatoms. The lowest BCUT2D eigenvalue weighted by Gasteiger charge is -2.07. The summed E-state index contributed by atoms with van der Waals surface area (Å²) in [6.07, 6.45) is 1.21. The highest BCUT2D eigenvalue weighted by Crippen LogP contribution is 2.50. The number of rotatable bonds is 4. The molecule has 0 bridgehead atoms. The summed E-state index contributed by atoms with van der Waals surface area (Å²) >= 11 is 0. The number of carbonyl (C=O) groups excluding carboxylic acids is 1. The van der Waals surface area contributed by atoms with Crippen LogP contribution in [0, 0.1) is 11.3 Å². The largest absolute Gasteiger partial charge is 0.388 e. The average molecular weight is 232 g/mol. The summed E-state index contributed by atoms with van der Waals surface area (Å²) in [7, 11) is 1.87. The Morgan fingerprint density at radius 2 is 1.94 bits per heavy atom. The van der Waals surface area contributed by atoms with Crippen LogP contribution < -0.4 is 10.6 Å². The van der Waals surface area contributed by atoms with Crippen molar-refractivity contribution in [2.45, 2.75) is 20.3 Å². The molecule has 0 spiro atoms. The Morgan fingerprint density at radius 3 is 2.41 bits per heavy atom. The van der Waals surface area contributed by atoms with Gasteiger partial charge in [-0.2, -0.15) is 0 Å². The van der Waals surface area contributed by atoms with E-state index in [-0.39, 0.29) is 5.91 Å². The van der Waals surface area contributed by atoms with E-state index in [4.69, 9.17) is 0 Å². The van der Waals surface area contributed by atoms with Crippen LogP contribution in [0.4, 0.5) is 5.69 Å². The van der Waals surface area contributed by atoms with Gasteiger partial charge in [0.15, 0.2) is 0 Å². The Balaban J connectivity index is 1.87. The molecule has 1 atom stereocenters. The van der Waals surface area contributed by atoms with E-state index in [0.717, 1.165) is 17.8 Å². The summed E-state index contributed by atoms with van der Waals surface area (Å²) in [5.41, 5.74) is 2.16. The molecule has 1 amide bonds. The average Bonchev–Trinajstić information content (AvgIpc) is 2.94. The minimum absolute atomic E-state index is 0.0235. The van der Waals surface area contributed by atoms with Crippen LogP contribution in [-0.4, -0.2) is 19.5 Å². The molecule has 1 aliphatic carbocycles. The first-order valence-electron chi connectivity index (χ1n) is 6.09. The molecule has 1 aromatic rings. The Labute approximate surface area is 103 Å². The van der Waals surface area contributed by atoms with Crippen LogP contribution in [0.3, 0.4) is 0 Å².